The third-order valence-electron chi connectivity index (χ3n) is 4.16. The molecule has 1 N–H and O–H groups in total. The van der Waals surface area contributed by atoms with E-state index >= 15 is 0 Å². The molecule has 0 spiro atoms. The first-order chi connectivity index (χ1) is 9.57. The van der Waals surface area contributed by atoms with Crippen molar-refractivity contribution in [3.63, 3.8) is 0 Å². The van der Waals surface area contributed by atoms with Crippen molar-refractivity contribution < 1.29 is 9.84 Å². The average molecular weight is 317 g/mol. The third kappa shape index (κ3) is 3.67. The van der Waals surface area contributed by atoms with Crippen LogP contribution in [-0.2, 0) is 11.2 Å². The molecular weight excluding hydrogens is 295 g/mol. The van der Waals surface area contributed by atoms with Gasteiger partial charge in [-0.15, -0.1) is 0 Å². The molecule has 0 bridgehead atoms. The fraction of sp³-hybridized carbons (Fsp3) is 0.625. The number of halogens is 2. The summed E-state index contributed by atoms with van der Waals surface area (Å²) in [5.74, 6) is 0. The van der Waals surface area contributed by atoms with Crippen LogP contribution in [0.2, 0.25) is 10.0 Å². The van der Waals surface area contributed by atoms with Crippen LogP contribution in [0.3, 0.4) is 0 Å². The largest absolute Gasteiger partial charge is 0.390 e. The molecule has 0 amide bonds. The number of ether oxygens (including phenoxy) is 1. The molecule has 0 saturated heterocycles. The Bertz CT molecular complexity index is 437. The first kappa shape index (κ1) is 16.1. The zero-order chi connectivity index (χ0) is 14.6. The highest BCUT2D eigenvalue weighted by Gasteiger charge is 2.39. The standard InChI is InChI=1S/C16H22Cl2O2/c1-2-20-16(8-4-3-5-9-16)15(19)11-12-10-13(17)6-7-14(12)18/h6-7,10,15,19H,2-5,8-9,11H2,1H3. The van der Waals surface area contributed by atoms with Gasteiger partial charge in [-0.3, -0.25) is 0 Å². The van der Waals surface area contributed by atoms with E-state index in [0.717, 1.165) is 31.2 Å². The van der Waals surface area contributed by atoms with Crippen LogP contribution < -0.4 is 0 Å². The van der Waals surface area contributed by atoms with Gasteiger partial charge in [0.25, 0.3) is 0 Å². The molecule has 1 saturated carbocycles. The number of aliphatic hydroxyl groups is 1. The Morgan fingerprint density at radius 3 is 2.60 bits per heavy atom. The van der Waals surface area contributed by atoms with Crippen LogP contribution in [0.4, 0.5) is 0 Å². The van der Waals surface area contributed by atoms with Gasteiger partial charge in [-0.2, -0.15) is 0 Å². The van der Waals surface area contributed by atoms with Crippen molar-refractivity contribution in [2.24, 2.45) is 0 Å². The lowest BCUT2D eigenvalue weighted by atomic mass is 9.78. The van der Waals surface area contributed by atoms with E-state index in [4.69, 9.17) is 27.9 Å². The molecule has 2 rings (SSSR count). The maximum absolute atomic E-state index is 10.7. The van der Waals surface area contributed by atoms with Crippen LogP contribution in [0, 0.1) is 0 Å². The SMILES string of the molecule is CCOC1(C(O)Cc2cc(Cl)ccc2Cl)CCCCC1. The number of rotatable bonds is 5. The quantitative estimate of drug-likeness (QED) is 0.857. The van der Waals surface area contributed by atoms with E-state index in [0.29, 0.717) is 23.1 Å². The molecule has 2 nitrogen and oxygen atoms in total. The van der Waals surface area contributed by atoms with Crippen LogP contribution in [0.25, 0.3) is 0 Å². The molecule has 1 atom stereocenters. The van der Waals surface area contributed by atoms with Gasteiger partial charge in [0.05, 0.1) is 11.7 Å². The Morgan fingerprint density at radius 1 is 1.25 bits per heavy atom. The van der Waals surface area contributed by atoms with Gasteiger partial charge in [0.15, 0.2) is 0 Å². The molecule has 4 heteroatoms. The smallest absolute Gasteiger partial charge is 0.0943 e. The van der Waals surface area contributed by atoms with E-state index in [1.807, 2.05) is 13.0 Å². The van der Waals surface area contributed by atoms with Crippen molar-refractivity contribution in [2.45, 2.75) is 57.2 Å². The van der Waals surface area contributed by atoms with Crippen LogP contribution >= 0.6 is 23.2 Å². The molecule has 20 heavy (non-hydrogen) atoms. The highest BCUT2D eigenvalue weighted by atomic mass is 35.5. The summed E-state index contributed by atoms with van der Waals surface area (Å²) < 4.78 is 5.95. The van der Waals surface area contributed by atoms with Gasteiger partial charge < -0.3 is 9.84 Å². The summed E-state index contributed by atoms with van der Waals surface area (Å²) in [6.45, 7) is 2.61. The summed E-state index contributed by atoms with van der Waals surface area (Å²) in [4.78, 5) is 0. The summed E-state index contributed by atoms with van der Waals surface area (Å²) in [5, 5.41) is 12.0. The number of benzene rings is 1. The van der Waals surface area contributed by atoms with E-state index in [1.54, 1.807) is 12.1 Å². The van der Waals surface area contributed by atoms with Gasteiger partial charge in [-0.05, 0) is 43.5 Å². The Labute approximate surface area is 131 Å². The maximum Gasteiger partial charge on any atom is 0.0943 e. The number of hydrogen-bond acceptors (Lipinski definition) is 2. The molecule has 112 valence electrons. The Morgan fingerprint density at radius 2 is 1.95 bits per heavy atom. The van der Waals surface area contributed by atoms with Crippen molar-refractivity contribution in [1.82, 2.24) is 0 Å². The highest BCUT2D eigenvalue weighted by molar-refractivity contribution is 6.33. The van der Waals surface area contributed by atoms with E-state index in [1.165, 1.54) is 6.42 Å². The second-order valence-electron chi connectivity index (χ2n) is 5.51. The molecule has 0 aromatic heterocycles. The van der Waals surface area contributed by atoms with E-state index in [9.17, 15) is 5.11 Å². The lowest BCUT2D eigenvalue weighted by Gasteiger charge is -2.41. The summed E-state index contributed by atoms with van der Waals surface area (Å²) in [6, 6.07) is 5.37. The molecule has 0 radical (unpaired) electrons. The van der Waals surface area contributed by atoms with Gasteiger partial charge in [0, 0.05) is 23.1 Å². The van der Waals surface area contributed by atoms with Crippen molar-refractivity contribution in [2.75, 3.05) is 6.61 Å². The van der Waals surface area contributed by atoms with E-state index < -0.39 is 11.7 Å². The van der Waals surface area contributed by atoms with Crippen molar-refractivity contribution in [1.29, 1.82) is 0 Å². The minimum Gasteiger partial charge on any atom is -0.390 e. The highest BCUT2D eigenvalue weighted by Crippen LogP contribution is 2.36. The summed E-state index contributed by atoms with van der Waals surface area (Å²) in [6.07, 6.45) is 5.22. The molecule has 1 aromatic rings. The lowest BCUT2D eigenvalue weighted by Crippen LogP contribution is -2.47. The monoisotopic (exact) mass is 316 g/mol. The Kier molecular flexibility index (Phi) is 5.74. The summed E-state index contributed by atoms with van der Waals surface area (Å²) >= 11 is 12.2. The number of hydrogen-bond donors (Lipinski definition) is 1. The lowest BCUT2D eigenvalue weighted by molar-refractivity contribution is -0.138. The fourth-order valence-corrected chi connectivity index (χ4v) is 3.49. The predicted molar refractivity (Wildman–Crippen MR) is 83.6 cm³/mol. The first-order valence-corrected chi connectivity index (χ1v) is 8.09. The molecule has 1 aliphatic rings. The zero-order valence-corrected chi connectivity index (χ0v) is 13.4. The van der Waals surface area contributed by atoms with Gasteiger partial charge in [0.1, 0.15) is 0 Å². The van der Waals surface area contributed by atoms with Gasteiger partial charge >= 0.3 is 0 Å². The van der Waals surface area contributed by atoms with Crippen molar-refractivity contribution in [3.05, 3.63) is 33.8 Å². The van der Waals surface area contributed by atoms with Crippen LogP contribution in [0.1, 0.15) is 44.6 Å². The maximum atomic E-state index is 10.7. The molecule has 0 aliphatic heterocycles. The molecule has 0 heterocycles. The Balaban J connectivity index is 2.15. The summed E-state index contributed by atoms with van der Waals surface area (Å²) in [7, 11) is 0. The fourth-order valence-electron chi connectivity index (χ4n) is 3.11. The second kappa shape index (κ2) is 7.13. The van der Waals surface area contributed by atoms with Crippen LogP contribution in [-0.4, -0.2) is 23.4 Å². The van der Waals surface area contributed by atoms with Gasteiger partial charge in [-0.1, -0.05) is 42.5 Å². The molecule has 1 unspecified atom stereocenters. The topological polar surface area (TPSA) is 29.5 Å². The zero-order valence-electron chi connectivity index (χ0n) is 11.9. The van der Waals surface area contributed by atoms with Gasteiger partial charge in [-0.25, -0.2) is 0 Å². The van der Waals surface area contributed by atoms with Crippen molar-refractivity contribution >= 4 is 23.2 Å². The molecule has 1 aromatic carbocycles. The van der Waals surface area contributed by atoms with E-state index in [2.05, 4.69) is 0 Å². The molecule has 1 fully saturated rings. The first-order valence-electron chi connectivity index (χ1n) is 7.33. The van der Waals surface area contributed by atoms with E-state index in [-0.39, 0.29) is 0 Å². The van der Waals surface area contributed by atoms with Crippen LogP contribution in [0.5, 0.6) is 0 Å². The van der Waals surface area contributed by atoms with Crippen LogP contribution in [0.15, 0.2) is 18.2 Å². The average Bonchev–Trinajstić information content (AvgIpc) is 2.44. The van der Waals surface area contributed by atoms with Crippen molar-refractivity contribution in [3.8, 4) is 0 Å². The minimum atomic E-state index is -0.543. The predicted octanol–water partition coefficient (Wildman–Crippen LogP) is 4.64. The van der Waals surface area contributed by atoms with Gasteiger partial charge in [0.2, 0.25) is 0 Å². The summed E-state index contributed by atoms with van der Waals surface area (Å²) in [5.41, 5.74) is 0.467. The number of aliphatic hydroxyl groups excluding tert-OH is 1. The minimum absolute atomic E-state index is 0.418. The third-order valence-corrected chi connectivity index (χ3v) is 4.76. The second-order valence-corrected chi connectivity index (χ2v) is 6.36. The Hall–Kier alpha value is -0.280. The normalized spacial score (nSPS) is 19.8. The molecular formula is C16H22Cl2O2. The molecule has 1 aliphatic carbocycles.